The molecule has 0 fully saturated rings. The summed E-state index contributed by atoms with van der Waals surface area (Å²) in [7, 11) is 0. The van der Waals surface area contributed by atoms with Gasteiger partial charge in [0.25, 0.3) is 17.7 Å². The van der Waals surface area contributed by atoms with E-state index in [0.29, 0.717) is 11.4 Å². The lowest BCUT2D eigenvalue weighted by atomic mass is 10.0. The third-order valence-electron chi connectivity index (χ3n) is 4.78. The molecule has 3 rings (SSSR count). The average Bonchev–Trinajstić information content (AvgIpc) is 3.06. The number of hydrogen-bond donors (Lipinski definition) is 3. The van der Waals surface area contributed by atoms with Crippen LogP contribution in [-0.2, 0) is 14.4 Å². The van der Waals surface area contributed by atoms with E-state index in [4.69, 9.17) is 11.0 Å². The Hall–Kier alpha value is -4.52. The van der Waals surface area contributed by atoms with E-state index in [2.05, 4.69) is 20.9 Å². The number of nitrogens with one attached hydrogen (secondary N) is 2. The number of carbonyl (C=O) groups is 3. The number of amidine groups is 1. The first-order valence-corrected chi connectivity index (χ1v) is 9.66. The zero-order valence-corrected chi connectivity index (χ0v) is 17.5. The van der Waals surface area contributed by atoms with Gasteiger partial charge in [-0.15, -0.1) is 0 Å². The van der Waals surface area contributed by atoms with Gasteiger partial charge in [-0.3, -0.25) is 14.4 Å². The van der Waals surface area contributed by atoms with Crippen molar-refractivity contribution >= 4 is 40.6 Å². The molecule has 1 aliphatic rings. The topological polar surface area (TPSA) is 153 Å². The molecule has 0 spiro atoms. The Bertz CT molecular complexity index is 1170. The number of benzene rings is 2. The molecule has 162 valence electrons. The van der Waals surface area contributed by atoms with Gasteiger partial charge in [0.05, 0.1) is 11.8 Å². The highest BCUT2D eigenvalue weighted by Gasteiger charge is 2.42. The number of aryl methyl sites for hydroxylation is 2. The minimum Gasteiger partial charge on any atom is -0.385 e. The van der Waals surface area contributed by atoms with Crippen LogP contribution in [0.4, 0.5) is 11.4 Å². The molecular formula is C22H21N7O3. The van der Waals surface area contributed by atoms with Gasteiger partial charge in [-0.1, -0.05) is 24.3 Å². The summed E-state index contributed by atoms with van der Waals surface area (Å²) in [5.74, 6) is -3.54. The molecule has 0 aliphatic carbocycles. The molecular weight excluding hydrogens is 410 g/mol. The van der Waals surface area contributed by atoms with Crippen LogP contribution >= 0.6 is 0 Å². The second kappa shape index (κ2) is 9.53. The van der Waals surface area contributed by atoms with Gasteiger partial charge in [0.15, 0.2) is 0 Å². The zero-order valence-electron chi connectivity index (χ0n) is 17.5. The Labute approximate surface area is 184 Å². The lowest BCUT2D eigenvalue weighted by Gasteiger charge is -2.16. The average molecular weight is 431 g/mol. The molecule has 0 saturated carbocycles. The number of para-hydroxylation sites is 1. The van der Waals surface area contributed by atoms with Crippen molar-refractivity contribution in [2.75, 3.05) is 10.3 Å². The predicted molar refractivity (Wildman–Crippen MR) is 119 cm³/mol. The normalized spacial score (nSPS) is 15.7. The first-order valence-electron chi connectivity index (χ1n) is 9.66. The fourth-order valence-corrected chi connectivity index (χ4v) is 2.98. The molecule has 1 atom stereocenters. The van der Waals surface area contributed by atoms with Crippen LogP contribution in [-0.4, -0.2) is 29.3 Å². The molecule has 4 N–H and O–H groups in total. The number of nitrogens with zero attached hydrogens (tertiary/aromatic N) is 4. The smallest absolute Gasteiger partial charge is 0.273 e. The predicted octanol–water partition coefficient (Wildman–Crippen LogP) is 1.56. The second-order valence-electron chi connectivity index (χ2n) is 7.06. The van der Waals surface area contributed by atoms with Gasteiger partial charge < -0.3 is 11.1 Å². The van der Waals surface area contributed by atoms with Crippen molar-refractivity contribution in [3.63, 3.8) is 0 Å². The van der Waals surface area contributed by atoms with E-state index in [1.165, 1.54) is 0 Å². The van der Waals surface area contributed by atoms with Gasteiger partial charge in [-0.2, -0.15) is 20.5 Å². The van der Waals surface area contributed by atoms with Crippen molar-refractivity contribution in [3.05, 3.63) is 59.7 Å². The number of anilines is 2. The minimum absolute atomic E-state index is 0.151. The van der Waals surface area contributed by atoms with E-state index in [-0.39, 0.29) is 11.5 Å². The maximum absolute atomic E-state index is 13.1. The van der Waals surface area contributed by atoms with Gasteiger partial charge in [-0.05, 0) is 49.2 Å². The Morgan fingerprint density at radius 2 is 1.91 bits per heavy atom. The SMILES string of the molecule is Cc1ccc(NC(=O)C(=NNC(=O)CC#N)C2C(=O)N(c3ccccc3)N=C2N)cc1C. The van der Waals surface area contributed by atoms with Gasteiger partial charge in [-0.25, -0.2) is 5.43 Å². The maximum Gasteiger partial charge on any atom is 0.273 e. The molecule has 1 unspecified atom stereocenters. The fraction of sp³-hybridized carbons (Fsp3) is 0.182. The monoisotopic (exact) mass is 431 g/mol. The summed E-state index contributed by atoms with van der Waals surface area (Å²) >= 11 is 0. The maximum atomic E-state index is 13.1. The van der Waals surface area contributed by atoms with E-state index in [9.17, 15) is 14.4 Å². The number of rotatable bonds is 6. The lowest BCUT2D eigenvalue weighted by molar-refractivity contribution is -0.120. The van der Waals surface area contributed by atoms with Crippen molar-refractivity contribution in [1.29, 1.82) is 5.26 Å². The van der Waals surface area contributed by atoms with Crippen LogP contribution in [0.5, 0.6) is 0 Å². The molecule has 2 aromatic carbocycles. The van der Waals surface area contributed by atoms with Crippen molar-refractivity contribution in [3.8, 4) is 6.07 Å². The van der Waals surface area contributed by atoms with Crippen molar-refractivity contribution in [2.45, 2.75) is 20.3 Å². The summed E-state index contributed by atoms with van der Waals surface area (Å²) in [4.78, 5) is 37.9. The van der Waals surface area contributed by atoms with Crippen molar-refractivity contribution < 1.29 is 14.4 Å². The Morgan fingerprint density at radius 3 is 2.56 bits per heavy atom. The molecule has 1 heterocycles. The first-order chi connectivity index (χ1) is 15.3. The number of hydrogen-bond acceptors (Lipinski definition) is 7. The molecule has 32 heavy (non-hydrogen) atoms. The minimum atomic E-state index is -1.32. The molecule has 10 heteroatoms. The number of nitrogens with two attached hydrogens (primary N) is 1. The van der Waals surface area contributed by atoms with E-state index in [1.807, 2.05) is 19.9 Å². The van der Waals surface area contributed by atoms with Crippen LogP contribution in [0.15, 0.2) is 58.7 Å². The molecule has 0 saturated heterocycles. The summed E-state index contributed by atoms with van der Waals surface area (Å²) in [6, 6.07) is 15.6. The highest BCUT2D eigenvalue weighted by atomic mass is 16.2. The third-order valence-corrected chi connectivity index (χ3v) is 4.78. The van der Waals surface area contributed by atoms with Crippen molar-refractivity contribution in [1.82, 2.24) is 5.43 Å². The van der Waals surface area contributed by atoms with Gasteiger partial charge in [0.1, 0.15) is 23.9 Å². The summed E-state index contributed by atoms with van der Waals surface area (Å²) in [5.41, 5.74) is 10.7. The number of nitriles is 1. The Morgan fingerprint density at radius 1 is 1.19 bits per heavy atom. The summed E-state index contributed by atoms with van der Waals surface area (Å²) in [6.07, 6.45) is -0.464. The summed E-state index contributed by atoms with van der Waals surface area (Å²) in [6.45, 7) is 3.83. The van der Waals surface area contributed by atoms with E-state index in [1.54, 1.807) is 48.5 Å². The Balaban J connectivity index is 1.93. The molecule has 0 aromatic heterocycles. The van der Waals surface area contributed by atoms with E-state index >= 15 is 0 Å². The van der Waals surface area contributed by atoms with Crippen LogP contribution in [0.25, 0.3) is 0 Å². The summed E-state index contributed by atoms with van der Waals surface area (Å²) < 4.78 is 0. The Kier molecular flexibility index (Phi) is 6.60. The molecule has 3 amide bonds. The molecule has 10 nitrogen and oxygen atoms in total. The van der Waals surface area contributed by atoms with Crippen LogP contribution in [0.1, 0.15) is 17.5 Å². The van der Waals surface area contributed by atoms with Crippen LogP contribution < -0.4 is 21.5 Å². The van der Waals surface area contributed by atoms with Crippen molar-refractivity contribution in [2.24, 2.45) is 21.9 Å². The largest absolute Gasteiger partial charge is 0.385 e. The van der Waals surface area contributed by atoms with Gasteiger partial charge in [0.2, 0.25) is 0 Å². The molecule has 0 radical (unpaired) electrons. The number of amides is 3. The molecule has 0 bridgehead atoms. The van der Waals surface area contributed by atoms with Gasteiger partial charge in [0, 0.05) is 5.69 Å². The first kappa shape index (κ1) is 22.2. The van der Waals surface area contributed by atoms with E-state index in [0.717, 1.165) is 16.1 Å². The highest BCUT2D eigenvalue weighted by Crippen LogP contribution is 2.24. The zero-order chi connectivity index (χ0) is 23.3. The third kappa shape index (κ3) is 4.79. The fourth-order valence-electron chi connectivity index (χ4n) is 2.98. The second-order valence-corrected chi connectivity index (χ2v) is 7.06. The number of hydrazone groups is 2. The van der Waals surface area contributed by atoms with Crippen LogP contribution in [0.2, 0.25) is 0 Å². The quantitative estimate of drug-likeness (QED) is 0.468. The summed E-state index contributed by atoms with van der Waals surface area (Å²) in [5, 5.41) is 20.3. The van der Waals surface area contributed by atoms with Crippen LogP contribution in [0.3, 0.4) is 0 Å². The highest BCUT2D eigenvalue weighted by molar-refractivity contribution is 6.52. The van der Waals surface area contributed by atoms with Gasteiger partial charge >= 0.3 is 0 Å². The van der Waals surface area contributed by atoms with E-state index < -0.39 is 30.1 Å². The lowest BCUT2D eigenvalue weighted by Crippen LogP contribution is -2.43. The molecule has 2 aromatic rings. The number of carbonyl (C=O) groups excluding carboxylic acids is 3. The standard InChI is InChI=1S/C22H21N7O3/c1-13-8-9-15(12-14(13)2)25-21(31)19(27-26-17(30)10-11-23)18-20(24)28-29(22(18)32)16-6-4-3-5-7-16/h3-9,12,18H,10H2,1-2H3,(H2,24,28)(H,25,31)(H,26,30). The molecule has 1 aliphatic heterocycles. The van der Waals surface area contributed by atoms with Crippen LogP contribution in [0, 0.1) is 31.1 Å².